The molecule has 2 aliphatic heterocycles. The fraction of sp³-hybridized carbons (Fsp3) is 0.632. The first-order valence-corrected chi connectivity index (χ1v) is 14.3. The van der Waals surface area contributed by atoms with Crippen LogP contribution < -0.4 is 5.56 Å². The molecule has 18 heteroatoms. The van der Waals surface area contributed by atoms with Crippen LogP contribution in [-0.2, 0) is 48.1 Å². The first-order valence-electron chi connectivity index (χ1n) is 11.3. The average molecular weight is 564 g/mol. The first kappa shape index (κ1) is 27.6. The Morgan fingerprint density at radius 2 is 1.70 bits per heavy atom. The zero-order valence-electron chi connectivity index (χ0n) is 19.9. The number of aryl methyl sites for hydroxylation is 1. The highest BCUT2D eigenvalue weighted by molar-refractivity contribution is 7.61. The molecule has 1 fully saturated rings. The maximum Gasteiger partial charge on any atom is 0.481 e. The summed E-state index contributed by atoms with van der Waals surface area (Å²) in [6.45, 7) is 1.68. The topological polar surface area (TPSA) is 208 Å². The second-order valence-corrected chi connectivity index (χ2v) is 11.7. The largest absolute Gasteiger partial charge is 0.481 e. The molecule has 2 aromatic heterocycles. The Morgan fingerprint density at radius 3 is 2.41 bits per heavy atom. The van der Waals surface area contributed by atoms with E-state index in [2.05, 4.69) is 14.3 Å². The molecule has 16 nitrogen and oxygen atoms in total. The molecular weight excluding hydrogens is 538 g/mol. The van der Waals surface area contributed by atoms with Crippen molar-refractivity contribution in [2.45, 2.75) is 57.9 Å². The van der Waals surface area contributed by atoms with E-state index >= 15 is 0 Å². The summed E-state index contributed by atoms with van der Waals surface area (Å²) in [5.74, 6) is -2.38. The van der Waals surface area contributed by atoms with Crippen LogP contribution in [0.4, 0.5) is 0 Å². The van der Waals surface area contributed by atoms with Gasteiger partial charge < -0.3 is 23.8 Å². The van der Waals surface area contributed by atoms with Crippen LogP contribution in [0.2, 0.25) is 0 Å². The van der Waals surface area contributed by atoms with Gasteiger partial charge in [-0.1, -0.05) is 0 Å². The summed E-state index contributed by atoms with van der Waals surface area (Å²) in [7, 11) is -10.1. The average Bonchev–Trinajstić information content (AvgIpc) is 3.33. The minimum Gasteiger partial charge on any atom is -0.458 e. The van der Waals surface area contributed by atoms with Gasteiger partial charge in [0.15, 0.2) is 17.3 Å². The third-order valence-electron chi connectivity index (χ3n) is 5.93. The lowest BCUT2D eigenvalue weighted by Gasteiger charge is -2.26. The van der Waals surface area contributed by atoms with Gasteiger partial charge in [0.1, 0.15) is 12.4 Å². The number of carbonyl (C=O) groups excluding carboxylic acids is 2. The van der Waals surface area contributed by atoms with Gasteiger partial charge in [-0.25, -0.2) is 19.1 Å². The van der Waals surface area contributed by atoms with Crippen LogP contribution in [0.25, 0.3) is 11.2 Å². The third kappa shape index (κ3) is 6.34. The maximum absolute atomic E-state index is 13.4. The van der Waals surface area contributed by atoms with Gasteiger partial charge in [-0.2, -0.15) is 4.31 Å². The molecule has 2 aromatic rings. The molecule has 2 unspecified atom stereocenters. The molecule has 2 N–H and O–H groups in total. The van der Waals surface area contributed by atoms with Gasteiger partial charge in [0, 0.05) is 26.3 Å². The molecule has 3 aliphatic rings. The van der Waals surface area contributed by atoms with Crippen molar-refractivity contribution in [3.8, 4) is 0 Å². The lowest BCUT2D eigenvalue weighted by molar-refractivity contribution is -0.167. The van der Waals surface area contributed by atoms with Crippen molar-refractivity contribution >= 4 is 38.7 Å². The third-order valence-corrected chi connectivity index (χ3v) is 8.57. The van der Waals surface area contributed by atoms with E-state index in [1.807, 2.05) is 0 Å². The number of phosphoric ester groups is 2. The van der Waals surface area contributed by atoms with E-state index in [4.69, 9.17) is 18.5 Å². The zero-order valence-corrected chi connectivity index (χ0v) is 21.7. The van der Waals surface area contributed by atoms with Gasteiger partial charge in [-0.05, 0) is 19.3 Å². The Bertz CT molecular complexity index is 1340. The van der Waals surface area contributed by atoms with Crippen LogP contribution in [0.3, 0.4) is 0 Å². The summed E-state index contributed by atoms with van der Waals surface area (Å²) in [6.07, 6.45) is 0.958. The number of phosphoric acid groups is 2. The normalized spacial score (nSPS) is 33.2. The molecule has 6 atom stereocenters. The van der Waals surface area contributed by atoms with Crippen LogP contribution in [0.1, 0.15) is 39.2 Å². The number of carbonyl (C=O) groups is 2. The van der Waals surface area contributed by atoms with Gasteiger partial charge >= 0.3 is 27.6 Å². The van der Waals surface area contributed by atoms with Crippen molar-refractivity contribution in [3.63, 3.8) is 0 Å². The number of imidazole rings is 1. The SMILES string of the molecule is CC(=O)O[C@@H]1[C@H]2COP(=O)(O)OP(=O)(O)OCCCCn3cnc4c(=O)n(cnc43)[C@H](C2)[C@@H]1OC(C)=O. The quantitative estimate of drug-likeness (QED) is 0.386. The Hall–Kier alpha value is -2.45. The summed E-state index contributed by atoms with van der Waals surface area (Å²) in [4.78, 5) is 65.5. The van der Waals surface area contributed by atoms with E-state index in [1.54, 1.807) is 4.57 Å². The fourth-order valence-corrected chi connectivity index (χ4v) is 6.64. The number of aromatic nitrogens is 4. The second kappa shape index (κ2) is 10.7. The van der Waals surface area contributed by atoms with Crippen LogP contribution in [0, 0.1) is 5.92 Å². The summed E-state index contributed by atoms with van der Waals surface area (Å²) in [6, 6.07) is -0.915. The number of ether oxygens (including phenoxy) is 2. The van der Waals surface area contributed by atoms with Crippen molar-refractivity contribution in [2.24, 2.45) is 5.92 Å². The van der Waals surface area contributed by atoms with E-state index in [1.165, 1.54) is 17.2 Å². The summed E-state index contributed by atoms with van der Waals surface area (Å²) < 4.78 is 52.2. The minimum absolute atomic E-state index is 0.0308. The number of hydrogen-bond donors (Lipinski definition) is 2. The van der Waals surface area contributed by atoms with Gasteiger partial charge in [0.2, 0.25) is 0 Å². The van der Waals surface area contributed by atoms with Gasteiger partial charge in [-0.3, -0.25) is 28.0 Å². The molecule has 1 saturated carbocycles. The van der Waals surface area contributed by atoms with Crippen molar-refractivity contribution in [1.29, 1.82) is 0 Å². The van der Waals surface area contributed by atoms with Crippen molar-refractivity contribution in [3.05, 3.63) is 23.0 Å². The van der Waals surface area contributed by atoms with Gasteiger partial charge in [0.25, 0.3) is 5.56 Å². The molecule has 0 aromatic carbocycles. The highest BCUT2D eigenvalue weighted by Crippen LogP contribution is 2.61. The van der Waals surface area contributed by atoms with Crippen LogP contribution in [0.5, 0.6) is 0 Å². The molecular formula is C19H26N4O12P2. The van der Waals surface area contributed by atoms with E-state index in [0.717, 1.165) is 13.8 Å². The highest BCUT2D eigenvalue weighted by Gasteiger charge is 2.50. The predicted molar refractivity (Wildman–Crippen MR) is 122 cm³/mol. The minimum atomic E-state index is -5.13. The molecule has 0 saturated heterocycles. The Labute approximate surface area is 209 Å². The lowest BCUT2D eigenvalue weighted by Crippen LogP contribution is -2.40. The Kier molecular flexibility index (Phi) is 8.00. The molecule has 204 valence electrons. The predicted octanol–water partition coefficient (Wildman–Crippen LogP) is 1.06. The molecule has 0 amide bonds. The zero-order chi connectivity index (χ0) is 27.0. The number of nitrogens with zero attached hydrogens (tertiary/aromatic N) is 4. The van der Waals surface area contributed by atoms with E-state index in [9.17, 15) is 33.3 Å². The fourth-order valence-electron chi connectivity index (χ4n) is 4.48. The molecule has 0 radical (unpaired) electrons. The number of hydrogen-bond acceptors (Lipinski definition) is 12. The standard InChI is InChI=1S/C19H26N4O12P2/c1-11(24)33-16-13-7-14(17(16)34-12(2)25)23-10-21-18-15(19(23)26)20-9-22(18)5-3-4-6-31-36(27,28)35-37(29,30)32-8-13/h9-10,13-14,16-17H,3-8H2,1-2H3,(H,27,28)(H,29,30)/t13-,14-,16-,17+/m1/s1. The van der Waals surface area contributed by atoms with E-state index in [-0.39, 0.29) is 25.0 Å². The van der Waals surface area contributed by atoms with Crippen LogP contribution in [0.15, 0.2) is 17.4 Å². The van der Waals surface area contributed by atoms with Crippen LogP contribution >= 0.6 is 15.6 Å². The first-order chi connectivity index (χ1) is 17.4. The number of fused-ring (bicyclic) bond motifs is 10. The molecule has 4 heterocycles. The number of esters is 2. The monoisotopic (exact) mass is 564 g/mol. The van der Waals surface area contributed by atoms with Crippen molar-refractivity contribution in [2.75, 3.05) is 13.2 Å². The molecule has 6 bridgehead atoms. The molecule has 37 heavy (non-hydrogen) atoms. The highest BCUT2D eigenvalue weighted by atomic mass is 31.3. The molecule has 0 spiro atoms. The summed E-state index contributed by atoms with van der Waals surface area (Å²) in [5.41, 5.74) is -0.173. The van der Waals surface area contributed by atoms with Crippen molar-refractivity contribution < 1.29 is 51.3 Å². The lowest BCUT2D eigenvalue weighted by atomic mass is 10.1. The Morgan fingerprint density at radius 1 is 1.03 bits per heavy atom. The summed E-state index contributed by atoms with van der Waals surface area (Å²) >= 11 is 0. The smallest absolute Gasteiger partial charge is 0.458 e. The Balaban J connectivity index is 1.78. The summed E-state index contributed by atoms with van der Waals surface area (Å²) in [5, 5.41) is 0. The maximum atomic E-state index is 13.4. The van der Waals surface area contributed by atoms with Crippen LogP contribution in [-0.4, -0.2) is 66.2 Å². The van der Waals surface area contributed by atoms with E-state index in [0.29, 0.717) is 18.6 Å². The van der Waals surface area contributed by atoms with Gasteiger partial charge in [0.05, 0.1) is 25.6 Å². The van der Waals surface area contributed by atoms with Gasteiger partial charge in [-0.15, -0.1) is 0 Å². The number of rotatable bonds is 2. The molecule has 5 rings (SSSR count). The molecule has 1 aliphatic carbocycles. The van der Waals surface area contributed by atoms with Crippen molar-refractivity contribution in [1.82, 2.24) is 19.1 Å². The van der Waals surface area contributed by atoms with E-state index < -0.39 is 63.9 Å². The second-order valence-electron chi connectivity index (χ2n) is 8.63.